The summed E-state index contributed by atoms with van der Waals surface area (Å²) in [6, 6.07) is 0. The van der Waals surface area contributed by atoms with Crippen LogP contribution in [0.15, 0.2) is 6.08 Å². The highest BCUT2D eigenvalue weighted by atomic mass is 16.6. The number of H-pyrrole nitrogens is 1. The zero-order valence-corrected chi connectivity index (χ0v) is 15.5. The summed E-state index contributed by atoms with van der Waals surface area (Å²) in [5.74, 6) is -1.73. The van der Waals surface area contributed by atoms with Crippen molar-refractivity contribution in [3.63, 3.8) is 0 Å². The van der Waals surface area contributed by atoms with Crippen LogP contribution in [0.2, 0.25) is 0 Å². The lowest BCUT2D eigenvalue weighted by Crippen LogP contribution is -2.22. The molecule has 0 aromatic carbocycles. The molecule has 138 valence electrons. The molecule has 0 atom stereocenters. The number of carbonyl (C=O) groups is 3. The van der Waals surface area contributed by atoms with Crippen molar-refractivity contribution in [2.45, 2.75) is 47.1 Å². The highest BCUT2D eigenvalue weighted by Crippen LogP contribution is 2.22. The normalized spacial score (nSPS) is 11.4. The topological polar surface area (TPSA) is 94.7 Å². The minimum atomic E-state index is -0.632. The first-order valence-electron chi connectivity index (χ1n) is 8.08. The molecule has 7 heteroatoms. The highest BCUT2D eigenvalue weighted by molar-refractivity contribution is 6.01. The van der Waals surface area contributed by atoms with Gasteiger partial charge in [0.05, 0.1) is 24.5 Å². The van der Waals surface area contributed by atoms with Gasteiger partial charge < -0.3 is 19.2 Å². The molecule has 0 fully saturated rings. The van der Waals surface area contributed by atoms with E-state index in [-0.39, 0.29) is 30.2 Å². The highest BCUT2D eigenvalue weighted by Gasteiger charge is 2.24. The molecule has 1 aromatic heterocycles. The maximum absolute atomic E-state index is 12.2. The molecule has 0 aliphatic carbocycles. The minimum absolute atomic E-state index is 0.147. The Morgan fingerprint density at radius 3 is 2.12 bits per heavy atom. The van der Waals surface area contributed by atoms with Crippen LogP contribution in [0.5, 0.6) is 0 Å². The Morgan fingerprint density at radius 1 is 1.04 bits per heavy atom. The van der Waals surface area contributed by atoms with Crippen molar-refractivity contribution in [2.24, 2.45) is 0 Å². The molecule has 1 N–H and O–H groups in total. The Labute approximate surface area is 147 Å². The largest absolute Gasteiger partial charge is 0.462 e. The van der Waals surface area contributed by atoms with Gasteiger partial charge in [0.15, 0.2) is 0 Å². The van der Waals surface area contributed by atoms with E-state index >= 15 is 0 Å². The lowest BCUT2D eigenvalue weighted by molar-refractivity contribution is -0.148. The van der Waals surface area contributed by atoms with Gasteiger partial charge in [-0.25, -0.2) is 14.4 Å². The number of aromatic amines is 1. The van der Waals surface area contributed by atoms with E-state index in [0.717, 1.165) is 0 Å². The van der Waals surface area contributed by atoms with Crippen LogP contribution < -0.4 is 0 Å². The molecule has 1 rings (SSSR count). The van der Waals surface area contributed by atoms with Crippen molar-refractivity contribution < 1.29 is 28.6 Å². The van der Waals surface area contributed by atoms with E-state index in [2.05, 4.69) is 4.98 Å². The zero-order valence-electron chi connectivity index (χ0n) is 15.5. The number of carbonyl (C=O) groups excluding carboxylic acids is 3. The lowest BCUT2D eigenvalue weighted by Gasteiger charge is -2.17. The van der Waals surface area contributed by atoms with E-state index < -0.39 is 23.5 Å². The standard InChI is InChI=1S/C18H25NO6/c1-7-23-16(21)14-11(3)15(17(22)24-8-2)19-12(14)9-10-13(20)25-18(4,5)6/h9-10,19H,7-8H2,1-6H3. The molecule has 0 saturated carbocycles. The van der Waals surface area contributed by atoms with E-state index in [0.29, 0.717) is 5.56 Å². The predicted molar refractivity (Wildman–Crippen MR) is 92.3 cm³/mol. The lowest BCUT2D eigenvalue weighted by atomic mass is 10.1. The summed E-state index contributed by atoms with van der Waals surface area (Å²) in [4.78, 5) is 38.9. The minimum Gasteiger partial charge on any atom is -0.462 e. The van der Waals surface area contributed by atoms with Gasteiger partial charge in [-0.15, -0.1) is 0 Å². The monoisotopic (exact) mass is 351 g/mol. The van der Waals surface area contributed by atoms with Crippen LogP contribution >= 0.6 is 0 Å². The summed E-state index contributed by atoms with van der Waals surface area (Å²) in [5.41, 5.74) is 0.386. The molecule has 7 nitrogen and oxygen atoms in total. The van der Waals surface area contributed by atoms with Crippen LogP contribution in [-0.2, 0) is 19.0 Å². The van der Waals surface area contributed by atoms with Crippen LogP contribution in [0, 0.1) is 6.92 Å². The van der Waals surface area contributed by atoms with Crippen molar-refractivity contribution in [1.82, 2.24) is 4.98 Å². The Bertz CT molecular complexity index is 678. The maximum atomic E-state index is 12.2. The molecular formula is C18H25NO6. The molecule has 0 aliphatic rings. The maximum Gasteiger partial charge on any atom is 0.355 e. The second kappa shape index (κ2) is 8.50. The average Bonchev–Trinajstić information content (AvgIpc) is 2.81. The molecule has 0 saturated heterocycles. The van der Waals surface area contributed by atoms with Gasteiger partial charge in [0.25, 0.3) is 0 Å². The predicted octanol–water partition coefficient (Wildman–Crippen LogP) is 3.03. The van der Waals surface area contributed by atoms with Crippen LogP contribution in [0.25, 0.3) is 6.08 Å². The van der Waals surface area contributed by atoms with Gasteiger partial charge in [0.1, 0.15) is 11.3 Å². The summed E-state index contributed by atoms with van der Waals surface area (Å²) in [6.45, 7) is 10.6. The first kappa shape index (κ1) is 20.5. The number of ether oxygens (including phenoxy) is 3. The Balaban J connectivity index is 3.23. The zero-order chi connectivity index (χ0) is 19.2. The van der Waals surface area contributed by atoms with E-state index in [9.17, 15) is 14.4 Å². The molecule has 1 heterocycles. The van der Waals surface area contributed by atoms with Gasteiger partial charge in [-0.2, -0.15) is 0 Å². The van der Waals surface area contributed by atoms with Gasteiger partial charge in [-0.1, -0.05) is 0 Å². The number of esters is 3. The van der Waals surface area contributed by atoms with Crippen LogP contribution in [0.1, 0.15) is 66.7 Å². The van der Waals surface area contributed by atoms with E-state index in [1.165, 1.54) is 12.2 Å². The molecule has 0 unspecified atom stereocenters. The van der Waals surface area contributed by atoms with Crippen molar-refractivity contribution in [3.05, 3.63) is 28.6 Å². The quantitative estimate of drug-likeness (QED) is 0.481. The van der Waals surface area contributed by atoms with Crippen molar-refractivity contribution in [3.8, 4) is 0 Å². The molecule has 25 heavy (non-hydrogen) atoms. The Hall–Kier alpha value is -2.57. The first-order chi connectivity index (χ1) is 11.6. The number of nitrogens with one attached hydrogen (secondary N) is 1. The summed E-state index contributed by atoms with van der Waals surface area (Å²) in [6.07, 6.45) is 2.57. The van der Waals surface area contributed by atoms with Gasteiger partial charge in [-0.05, 0) is 53.2 Å². The SMILES string of the molecule is CCOC(=O)c1[nH]c(C=CC(=O)OC(C)(C)C)c(C(=O)OCC)c1C. The Kier molecular flexibility index (Phi) is 6.97. The van der Waals surface area contributed by atoms with Crippen LogP contribution in [0.3, 0.4) is 0 Å². The summed E-state index contributed by atoms with van der Waals surface area (Å²) < 4.78 is 15.2. The fourth-order valence-electron chi connectivity index (χ4n) is 2.10. The Morgan fingerprint density at radius 2 is 1.60 bits per heavy atom. The van der Waals surface area contributed by atoms with Gasteiger partial charge >= 0.3 is 17.9 Å². The fourth-order valence-corrected chi connectivity index (χ4v) is 2.10. The smallest absolute Gasteiger partial charge is 0.355 e. The third-order valence-corrected chi connectivity index (χ3v) is 3.03. The average molecular weight is 351 g/mol. The summed E-state index contributed by atoms with van der Waals surface area (Å²) >= 11 is 0. The van der Waals surface area contributed by atoms with Gasteiger partial charge in [0, 0.05) is 6.08 Å². The third-order valence-electron chi connectivity index (χ3n) is 3.03. The number of hydrogen-bond donors (Lipinski definition) is 1. The van der Waals surface area contributed by atoms with Crippen LogP contribution in [0.4, 0.5) is 0 Å². The number of rotatable bonds is 6. The molecular weight excluding hydrogens is 326 g/mol. The number of hydrogen-bond acceptors (Lipinski definition) is 6. The molecule has 0 radical (unpaired) electrons. The molecule has 0 spiro atoms. The van der Waals surface area contributed by atoms with Crippen molar-refractivity contribution in [1.29, 1.82) is 0 Å². The van der Waals surface area contributed by atoms with E-state index in [1.54, 1.807) is 41.5 Å². The van der Waals surface area contributed by atoms with E-state index in [1.807, 2.05) is 0 Å². The molecule has 0 aliphatic heterocycles. The van der Waals surface area contributed by atoms with Crippen molar-refractivity contribution in [2.75, 3.05) is 13.2 Å². The molecule has 1 aromatic rings. The van der Waals surface area contributed by atoms with Gasteiger partial charge in [0.2, 0.25) is 0 Å². The second-order valence-corrected chi connectivity index (χ2v) is 6.22. The summed E-state index contributed by atoms with van der Waals surface area (Å²) in [7, 11) is 0. The second-order valence-electron chi connectivity index (χ2n) is 6.22. The van der Waals surface area contributed by atoms with Gasteiger partial charge in [-0.3, -0.25) is 0 Å². The summed E-state index contributed by atoms with van der Waals surface area (Å²) in [5, 5.41) is 0. The molecule has 0 amide bonds. The molecule has 0 bridgehead atoms. The fraction of sp³-hybridized carbons (Fsp3) is 0.500. The third kappa shape index (κ3) is 5.77. The number of aromatic nitrogens is 1. The van der Waals surface area contributed by atoms with Crippen LogP contribution in [-0.4, -0.2) is 41.7 Å². The van der Waals surface area contributed by atoms with Crippen molar-refractivity contribution >= 4 is 24.0 Å². The van der Waals surface area contributed by atoms with E-state index in [4.69, 9.17) is 14.2 Å². The first-order valence-corrected chi connectivity index (χ1v) is 8.08.